The van der Waals surface area contributed by atoms with E-state index in [9.17, 15) is 8.42 Å². The van der Waals surface area contributed by atoms with Crippen LogP contribution in [0.15, 0.2) is 0 Å². The first-order chi connectivity index (χ1) is 8.54. The van der Waals surface area contributed by atoms with Crippen molar-refractivity contribution in [3.8, 4) is 0 Å². The molecule has 0 spiro atoms. The SMILES string of the molecule is CS(=O)(=O)NCCNC1CCC2CCCCC2C1. The summed E-state index contributed by atoms with van der Waals surface area (Å²) in [5, 5.41) is 3.50. The van der Waals surface area contributed by atoms with Crippen LogP contribution in [0.25, 0.3) is 0 Å². The van der Waals surface area contributed by atoms with Crippen LogP contribution >= 0.6 is 0 Å². The molecule has 0 aromatic heterocycles. The largest absolute Gasteiger partial charge is 0.313 e. The molecular formula is C13H26N2O2S. The minimum Gasteiger partial charge on any atom is -0.313 e. The van der Waals surface area contributed by atoms with Crippen molar-refractivity contribution >= 4 is 10.0 Å². The second-order valence-electron chi connectivity index (χ2n) is 5.94. The van der Waals surface area contributed by atoms with Gasteiger partial charge in [0.05, 0.1) is 6.26 Å². The molecule has 5 heteroatoms. The summed E-state index contributed by atoms with van der Waals surface area (Å²) in [6, 6.07) is 0.603. The van der Waals surface area contributed by atoms with Crippen LogP contribution in [-0.4, -0.2) is 33.8 Å². The summed E-state index contributed by atoms with van der Waals surface area (Å²) in [7, 11) is -3.04. The van der Waals surface area contributed by atoms with Gasteiger partial charge in [-0.2, -0.15) is 0 Å². The lowest BCUT2D eigenvalue weighted by Gasteiger charge is -2.39. The van der Waals surface area contributed by atoms with E-state index in [1.165, 1.54) is 51.2 Å². The van der Waals surface area contributed by atoms with Gasteiger partial charge in [-0.3, -0.25) is 0 Å². The zero-order valence-electron chi connectivity index (χ0n) is 11.3. The molecule has 0 aliphatic heterocycles. The summed E-state index contributed by atoms with van der Waals surface area (Å²) in [6.45, 7) is 1.25. The third-order valence-corrected chi connectivity index (χ3v) is 5.19. The van der Waals surface area contributed by atoms with Gasteiger partial charge in [-0.1, -0.05) is 25.7 Å². The Morgan fingerprint density at radius 2 is 1.72 bits per heavy atom. The van der Waals surface area contributed by atoms with Crippen LogP contribution in [0.5, 0.6) is 0 Å². The van der Waals surface area contributed by atoms with E-state index < -0.39 is 10.0 Å². The highest BCUT2D eigenvalue weighted by atomic mass is 32.2. The molecule has 0 saturated heterocycles. The molecule has 2 aliphatic rings. The van der Waals surface area contributed by atoms with Crippen LogP contribution in [0.4, 0.5) is 0 Å². The van der Waals surface area contributed by atoms with Crippen molar-refractivity contribution in [2.24, 2.45) is 11.8 Å². The third-order valence-electron chi connectivity index (χ3n) is 4.46. The van der Waals surface area contributed by atoms with Gasteiger partial charge in [-0.15, -0.1) is 0 Å². The molecule has 2 fully saturated rings. The number of sulfonamides is 1. The third kappa shape index (κ3) is 4.52. The molecule has 2 N–H and O–H groups in total. The topological polar surface area (TPSA) is 58.2 Å². The van der Waals surface area contributed by atoms with Crippen LogP contribution in [-0.2, 0) is 10.0 Å². The van der Waals surface area contributed by atoms with E-state index in [4.69, 9.17) is 0 Å². The fraction of sp³-hybridized carbons (Fsp3) is 1.00. The summed E-state index contributed by atoms with van der Waals surface area (Å²) in [4.78, 5) is 0. The molecule has 0 radical (unpaired) electrons. The molecular weight excluding hydrogens is 248 g/mol. The van der Waals surface area contributed by atoms with E-state index in [0.29, 0.717) is 12.6 Å². The van der Waals surface area contributed by atoms with Crippen molar-refractivity contribution in [3.05, 3.63) is 0 Å². The summed E-state index contributed by atoms with van der Waals surface area (Å²) in [6.07, 6.45) is 10.8. The molecule has 106 valence electrons. The molecule has 0 aromatic rings. The highest BCUT2D eigenvalue weighted by Crippen LogP contribution is 2.40. The van der Waals surface area contributed by atoms with Crippen LogP contribution < -0.4 is 10.0 Å². The monoisotopic (exact) mass is 274 g/mol. The molecule has 4 nitrogen and oxygen atoms in total. The second-order valence-corrected chi connectivity index (χ2v) is 7.77. The first-order valence-corrected chi connectivity index (χ1v) is 9.12. The molecule has 3 atom stereocenters. The zero-order valence-corrected chi connectivity index (χ0v) is 12.1. The normalized spacial score (nSPS) is 33.1. The van der Waals surface area contributed by atoms with Crippen LogP contribution in [0.2, 0.25) is 0 Å². The average Bonchev–Trinajstić information content (AvgIpc) is 2.33. The van der Waals surface area contributed by atoms with Crippen LogP contribution in [0, 0.1) is 11.8 Å². The molecule has 3 unspecified atom stereocenters. The Balaban J connectivity index is 1.65. The summed E-state index contributed by atoms with van der Waals surface area (Å²) < 4.78 is 24.4. The fourth-order valence-electron chi connectivity index (χ4n) is 3.57. The molecule has 0 bridgehead atoms. The van der Waals surface area contributed by atoms with Crippen molar-refractivity contribution in [3.63, 3.8) is 0 Å². The van der Waals surface area contributed by atoms with E-state index in [1.807, 2.05) is 0 Å². The average molecular weight is 274 g/mol. The number of hydrogen-bond donors (Lipinski definition) is 2. The highest BCUT2D eigenvalue weighted by molar-refractivity contribution is 7.88. The maximum absolute atomic E-state index is 10.9. The molecule has 0 amide bonds. The van der Waals surface area contributed by atoms with Crippen molar-refractivity contribution < 1.29 is 8.42 Å². The Bertz CT molecular complexity index is 356. The standard InChI is InChI=1S/C13H26N2O2S/c1-18(16,17)15-9-8-14-13-7-6-11-4-2-3-5-12(11)10-13/h11-15H,2-10H2,1H3. The summed E-state index contributed by atoms with van der Waals surface area (Å²) >= 11 is 0. The van der Waals surface area contributed by atoms with Gasteiger partial charge in [0.25, 0.3) is 0 Å². The maximum Gasteiger partial charge on any atom is 0.208 e. The van der Waals surface area contributed by atoms with Crippen LogP contribution in [0.3, 0.4) is 0 Å². The number of rotatable bonds is 5. The van der Waals surface area contributed by atoms with Crippen molar-refractivity contribution in [1.82, 2.24) is 10.0 Å². The first-order valence-electron chi connectivity index (χ1n) is 7.22. The number of hydrogen-bond acceptors (Lipinski definition) is 3. The van der Waals surface area contributed by atoms with Gasteiger partial charge < -0.3 is 5.32 Å². The molecule has 2 rings (SSSR count). The predicted octanol–water partition coefficient (Wildman–Crippen LogP) is 1.48. The predicted molar refractivity (Wildman–Crippen MR) is 73.9 cm³/mol. The Kier molecular flexibility index (Phi) is 5.04. The minimum absolute atomic E-state index is 0.503. The van der Waals surface area contributed by atoms with E-state index >= 15 is 0 Å². The molecule has 2 saturated carbocycles. The first kappa shape index (κ1) is 14.3. The van der Waals surface area contributed by atoms with E-state index in [-0.39, 0.29) is 0 Å². The molecule has 0 aromatic carbocycles. The van der Waals surface area contributed by atoms with E-state index in [1.54, 1.807) is 0 Å². The van der Waals surface area contributed by atoms with Gasteiger partial charge in [0, 0.05) is 19.1 Å². The van der Waals surface area contributed by atoms with Crippen LogP contribution in [0.1, 0.15) is 44.9 Å². The lowest BCUT2D eigenvalue weighted by molar-refractivity contribution is 0.144. The number of fused-ring (bicyclic) bond motifs is 1. The van der Waals surface area contributed by atoms with Crippen molar-refractivity contribution in [2.45, 2.75) is 51.0 Å². The minimum atomic E-state index is -3.04. The lowest BCUT2D eigenvalue weighted by Crippen LogP contribution is -2.41. The van der Waals surface area contributed by atoms with E-state index in [0.717, 1.165) is 18.4 Å². The molecule has 18 heavy (non-hydrogen) atoms. The Morgan fingerprint density at radius 3 is 2.44 bits per heavy atom. The van der Waals surface area contributed by atoms with Gasteiger partial charge in [0.1, 0.15) is 0 Å². The quantitative estimate of drug-likeness (QED) is 0.747. The van der Waals surface area contributed by atoms with Crippen molar-refractivity contribution in [1.29, 1.82) is 0 Å². The van der Waals surface area contributed by atoms with Crippen molar-refractivity contribution in [2.75, 3.05) is 19.3 Å². The van der Waals surface area contributed by atoms with Gasteiger partial charge >= 0.3 is 0 Å². The van der Waals surface area contributed by atoms with E-state index in [2.05, 4.69) is 10.0 Å². The Morgan fingerprint density at radius 1 is 1.00 bits per heavy atom. The van der Waals surface area contributed by atoms with Gasteiger partial charge in [0.15, 0.2) is 0 Å². The van der Waals surface area contributed by atoms with Gasteiger partial charge in [-0.05, 0) is 31.1 Å². The maximum atomic E-state index is 10.9. The Hall–Kier alpha value is -0.130. The highest BCUT2D eigenvalue weighted by Gasteiger charge is 2.31. The summed E-state index contributed by atoms with van der Waals surface area (Å²) in [5.41, 5.74) is 0. The summed E-state index contributed by atoms with van der Waals surface area (Å²) in [5.74, 6) is 1.90. The fourth-order valence-corrected chi connectivity index (χ4v) is 4.04. The lowest BCUT2D eigenvalue weighted by atomic mass is 9.69. The molecule has 0 heterocycles. The molecule has 2 aliphatic carbocycles. The zero-order chi connectivity index (χ0) is 13.0. The number of nitrogens with one attached hydrogen (secondary N) is 2. The van der Waals surface area contributed by atoms with Gasteiger partial charge in [0.2, 0.25) is 10.0 Å². The van der Waals surface area contributed by atoms with Gasteiger partial charge in [-0.25, -0.2) is 13.1 Å². The second kappa shape index (κ2) is 6.35. The smallest absolute Gasteiger partial charge is 0.208 e. The Labute approximate surface area is 111 Å².